The first-order chi connectivity index (χ1) is 14.6. The molecule has 1 N–H and O–H groups in total. The van der Waals surface area contributed by atoms with Crippen LogP contribution < -0.4 is 5.32 Å². The van der Waals surface area contributed by atoms with E-state index in [1.165, 1.54) is 0 Å². The highest BCUT2D eigenvalue weighted by molar-refractivity contribution is 5.91. The number of rotatable bonds is 6. The molecule has 0 radical (unpaired) electrons. The maximum absolute atomic E-state index is 12.5. The Morgan fingerprint density at radius 3 is 2.93 bits per heavy atom. The first kappa shape index (κ1) is 19.0. The molecule has 3 aromatic rings. The molecule has 1 aliphatic carbocycles. The quantitative estimate of drug-likeness (QED) is 0.671. The Kier molecular flexibility index (Phi) is 4.86. The van der Waals surface area contributed by atoms with Gasteiger partial charge in [-0.2, -0.15) is 4.98 Å². The van der Waals surface area contributed by atoms with Crippen LogP contribution in [0.1, 0.15) is 42.3 Å². The summed E-state index contributed by atoms with van der Waals surface area (Å²) in [4.78, 5) is 19.4. The summed E-state index contributed by atoms with van der Waals surface area (Å²) in [6.45, 7) is 3.73. The van der Waals surface area contributed by atoms with Crippen molar-refractivity contribution in [1.82, 2.24) is 20.2 Å². The minimum Gasteiger partial charge on any atom is -0.360 e. The number of nitrogens with zero attached hydrogens (tertiary/aromatic N) is 4. The van der Waals surface area contributed by atoms with E-state index in [2.05, 4.69) is 32.7 Å². The molecule has 0 bridgehead atoms. The van der Waals surface area contributed by atoms with E-state index >= 15 is 0 Å². The van der Waals surface area contributed by atoms with Gasteiger partial charge in [0.25, 0.3) is 0 Å². The average molecular weight is 407 g/mol. The van der Waals surface area contributed by atoms with Gasteiger partial charge in [-0.05, 0) is 31.2 Å². The van der Waals surface area contributed by atoms with Gasteiger partial charge >= 0.3 is 0 Å². The molecule has 2 fully saturated rings. The number of nitrogens with one attached hydrogen (secondary N) is 1. The van der Waals surface area contributed by atoms with Crippen LogP contribution in [0, 0.1) is 12.8 Å². The topological polar surface area (TPSA) is 97.3 Å². The smallest absolute Gasteiger partial charge is 0.239 e. The van der Waals surface area contributed by atoms with E-state index in [0.717, 1.165) is 43.8 Å². The van der Waals surface area contributed by atoms with Crippen molar-refractivity contribution in [3.8, 4) is 0 Å². The molecular weight excluding hydrogens is 382 g/mol. The van der Waals surface area contributed by atoms with Crippen molar-refractivity contribution in [2.45, 2.75) is 38.0 Å². The largest absolute Gasteiger partial charge is 0.360 e. The van der Waals surface area contributed by atoms with Crippen molar-refractivity contribution in [1.29, 1.82) is 0 Å². The Morgan fingerprint density at radius 2 is 2.13 bits per heavy atom. The number of likely N-dealkylation sites (tertiary alicyclic amines) is 1. The fourth-order valence-corrected chi connectivity index (χ4v) is 4.98. The number of benzene rings is 1. The molecule has 1 saturated carbocycles. The van der Waals surface area contributed by atoms with Gasteiger partial charge < -0.3 is 14.4 Å². The molecule has 2 atom stereocenters. The number of hydrogen-bond donors (Lipinski definition) is 1. The second-order valence-electron chi connectivity index (χ2n) is 8.46. The zero-order chi connectivity index (χ0) is 20.6. The fourth-order valence-electron chi connectivity index (χ4n) is 4.98. The maximum Gasteiger partial charge on any atom is 0.239 e. The molecular formula is C22H25N5O3. The van der Waals surface area contributed by atoms with Gasteiger partial charge in [-0.25, -0.2) is 0 Å². The van der Waals surface area contributed by atoms with E-state index in [1.807, 2.05) is 18.2 Å². The van der Waals surface area contributed by atoms with Gasteiger partial charge in [-0.3, -0.25) is 9.69 Å². The minimum absolute atomic E-state index is 0.0891. The monoisotopic (exact) mass is 407 g/mol. The highest BCUT2D eigenvalue weighted by Gasteiger charge is 2.54. The summed E-state index contributed by atoms with van der Waals surface area (Å²) >= 11 is 0. The van der Waals surface area contributed by atoms with Gasteiger partial charge in [-0.15, -0.1) is 0 Å². The zero-order valence-electron chi connectivity index (χ0n) is 17.0. The van der Waals surface area contributed by atoms with Crippen molar-refractivity contribution in [3.05, 3.63) is 59.4 Å². The van der Waals surface area contributed by atoms with E-state index in [4.69, 9.17) is 14.0 Å². The third kappa shape index (κ3) is 3.63. The van der Waals surface area contributed by atoms with Crippen molar-refractivity contribution < 1.29 is 13.8 Å². The molecule has 5 rings (SSSR count). The highest BCUT2D eigenvalue weighted by atomic mass is 16.5. The van der Waals surface area contributed by atoms with Crippen LogP contribution in [0.15, 0.2) is 45.4 Å². The van der Waals surface area contributed by atoms with E-state index < -0.39 is 0 Å². The lowest BCUT2D eigenvalue weighted by Gasteiger charge is -2.24. The molecule has 30 heavy (non-hydrogen) atoms. The minimum atomic E-state index is -0.146. The number of fused-ring (bicyclic) bond motifs is 1. The summed E-state index contributed by atoms with van der Waals surface area (Å²) in [7, 11) is 0. The Morgan fingerprint density at radius 1 is 1.27 bits per heavy atom. The van der Waals surface area contributed by atoms with Crippen molar-refractivity contribution in [3.63, 3.8) is 0 Å². The van der Waals surface area contributed by atoms with Gasteiger partial charge in [0.05, 0.1) is 12.0 Å². The average Bonchev–Trinajstić information content (AvgIpc) is 3.47. The first-order valence-corrected chi connectivity index (χ1v) is 10.4. The molecule has 2 aromatic heterocycles. The van der Waals surface area contributed by atoms with Gasteiger partial charge in [0.2, 0.25) is 11.8 Å². The third-order valence-electron chi connectivity index (χ3n) is 6.30. The summed E-state index contributed by atoms with van der Waals surface area (Å²) in [5.41, 5.74) is 1.02. The van der Waals surface area contributed by atoms with Crippen LogP contribution in [0.4, 0.5) is 5.82 Å². The molecule has 1 saturated heterocycles. The normalized spacial score (nSPS) is 23.6. The van der Waals surface area contributed by atoms with Crippen molar-refractivity contribution in [2.24, 2.45) is 5.92 Å². The van der Waals surface area contributed by atoms with Crippen LogP contribution in [0.3, 0.4) is 0 Å². The summed E-state index contributed by atoms with van der Waals surface area (Å²) in [5.74, 6) is 2.91. The summed E-state index contributed by atoms with van der Waals surface area (Å²) < 4.78 is 10.8. The van der Waals surface area contributed by atoms with Crippen LogP contribution in [0.5, 0.6) is 0 Å². The van der Waals surface area contributed by atoms with Crippen LogP contribution >= 0.6 is 0 Å². The van der Waals surface area contributed by atoms with Crippen molar-refractivity contribution in [2.75, 3.05) is 25.0 Å². The molecule has 1 aliphatic heterocycles. The number of carbonyl (C=O) groups is 1. The van der Waals surface area contributed by atoms with E-state index in [-0.39, 0.29) is 11.3 Å². The standard InChI is InChI=1S/C22H25N5O3/c1-15-10-18(25-29-15)23-20(28)13-27-12-17-8-5-9-22(17,14-27)21-24-19(26-30-21)11-16-6-3-2-4-7-16/h2-4,6-7,10,17H,5,8-9,11-14H2,1H3,(H,23,25,28)/t17-,22-/m1/s1. The molecule has 8 heteroatoms. The highest BCUT2D eigenvalue weighted by Crippen LogP contribution is 2.49. The van der Waals surface area contributed by atoms with Gasteiger partial charge in [0, 0.05) is 25.6 Å². The SMILES string of the molecule is Cc1cc(NC(=O)CN2C[C@H]3CCC[C@@]3(c3nc(Cc4ccccc4)no3)C2)no1. The van der Waals surface area contributed by atoms with Crippen LogP contribution in [-0.2, 0) is 16.6 Å². The lowest BCUT2D eigenvalue weighted by atomic mass is 9.80. The number of aryl methyl sites for hydroxylation is 1. The molecule has 0 spiro atoms. The van der Waals surface area contributed by atoms with Crippen molar-refractivity contribution >= 4 is 11.7 Å². The molecule has 2 aliphatic rings. The van der Waals surface area contributed by atoms with E-state index in [9.17, 15) is 4.79 Å². The Bertz CT molecular complexity index is 1030. The fraction of sp³-hybridized carbons (Fsp3) is 0.455. The molecule has 0 unspecified atom stereocenters. The van der Waals surface area contributed by atoms with Crippen LogP contribution in [0.2, 0.25) is 0 Å². The molecule has 1 amide bonds. The second-order valence-corrected chi connectivity index (χ2v) is 8.46. The summed E-state index contributed by atoms with van der Waals surface area (Å²) in [6.07, 6.45) is 3.95. The zero-order valence-corrected chi connectivity index (χ0v) is 17.0. The Balaban J connectivity index is 1.27. The summed E-state index contributed by atoms with van der Waals surface area (Å²) in [6, 6.07) is 11.9. The summed E-state index contributed by atoms with van der Waals surface area (Å²) in [5, 5.41) is 10.9. The molecule has 1 aromatic carbocycles. The van der Waals surface area contributed by atoms with Gasteiger partial charge in [0.15, 0.2) is 11.6 Å². The number of amides is 1. The lowest BCUT2D eigenvalue weighted by molar-refractivity contribution is -0.117. The predicted molar refractivity (Wildman–Crippen MR) is 109 cm³/mol. The van der Waals surface area contributed by atoms with Gasteiger partial charge in [-0.1, -0.05) is 47.1 Å². The molecule has 156 valence electrons. The van der Waals surface area contributed by atoms with Crippen LogP contribution in [0.25, 0.3) is 0 Å². The Hall–Kier alpha value is -3.00. The van der Waals surface area contributed by atoms with Crippen LogP contribution in [-0.4, -0.2) is 45.7 Å². The number of aromatic nitrogens is 3. The third-order valence-corrected chi connectivity index (χ3v) is 6.30. The number of carbonyl (C=O) groups excluding carboxylic acids is 1. The van der Waals surface area contributed by atoms with E-state index in [0.29, 0.717) is 36.3 Å². The van der Waals surface area contributed by atoms with Gasteiger partial charge in [0.1, 0.15) is 5.76 Å². The molecule has 3 heterocycles. The molecule has 8 nitrogen and oxygen atoms in total. The maximum atomic E-state index is 12.5. The number of hydrogen-bond acceptors (Lipinski definition) is 7. The lowest BCUT2D eigenvalue weighted by Crippen LogP contribution is -2.35. The number of anilines is 1. The predicted octanol–water partition coefficient (Wildman–Crippen LogP) is 2.95. The Labute approximate surface area is 174 Å². The van der Waals surface area contributed by atoms with E-state index in [1.54, 1.807) is 13.0 Å². The first-order valence-electron chi connectivity index (χ1n) is 10.4. The second kappa shape index (κ2) is 7.68.